The van der Waals surface area contributed by atoms with Crippen molar-refractivity contribution < 1.29 is 0 Å². The second kappa shape index (κ2) is 3.51. The summed E-state index contributed by atoms with van der Waals surface area (Å²) in [6.45, 7) is 0. The summed E-state index contributed by atoms with van der Waals surface area (Å²) in [7, 11) is 0. The second-order valence-electron chi connectivity index (χ2n) is 3.33. The molecule has 2 N–H and O–H groups in total. The van der Waals surface area contributed by atoms with Crippen molar-refractivity contribution in [1.29, 1.82) is 0 Å². The first-order chi connectivity index (χ1) is 7.43. The predicted molar refractivity (Wildman–Crippen MR) is 64.7 cm³/mol. The number of anilines is 1. The molecule has 0 spiro atoms. The van der Waals surface area contributed by atoms with Gasteiger partial charge in [-0.05, 0) is 24.3 Å². The molecule has 0 radical (unpaired) electrons. The Kier molecular flexibility index (Phi) is 2.03. The third-order valence-corrected chi connectivity index (χ3v) is 3.46. The fraction of sp³-hybridized carbons (Fsp3) is 0. The molecule has 2 heterocycles. The topological polar surface area (TPSA) is 27.8 Å². The van der Waals surface area contributed by atoms with Crippen LogP contribution in [0.5, 0.6) is 0 Å². The molecule has 3 rings (SSSR count). The van der Waals surface area contributed by atoms with Crippen LogP contribution in [0.15, 0.2) is 53.7 Å². The van der Waals surface area contributed by atoms with Crippen molar-refractivity contribution in [3.8, 4) is 0 Å². The molecule has 0 atom stereocenters. The minimum absolute atomic E-state index is 1.15. The van der Waals surface area contributed by atoms with Crippen molar-refractivity contribution in [3.63, 3.8) is 0 Å². The van der Waals surface area contributed by atoms with Gasteiger partial charge in [0.15, 0.2) is 0 Å². The van der Waals surface area contributed by atoms with Crippen molar-refractivity contribution in [2.24, 2.45) is 0 Å². The summed E-state index contributed by atoms with van der Waals surface area (Å²) >= 11 is 1.78. The van der Waals surface area contributed by atoms with E-state index in [2.05, 4.69) is 34.6 Å². The average Bonchev–Trinajstić information content (AvgIpc) is 2.82. The number of aromatic amines is 1. The lowest BCUT2D eigenvalue weighted by Crippen LogP contribution is -1.97. The maximum Gasteiger partial charge on any atom is 0.0537 e. The van der Waals surface area contributed by atoms with Crippen molar-refractivity contribution in [2.75, 3.05) is 5.32 Å². The van der Waals surface area contributed by atoms with Crippen molar-refractivity contribution in [1.82, 2.24) is 4.98 Å². The van der Waals surface area contributed by atoms with E-state index in [0.29, 0.717) is 0 Å². The Morgan fingerprint density at radius 3 is 2.80 bits per heavy atom. The van der Waals surface area contributed by atoms with Gasteiger partial charge in [-0.1, -0.05) is 23.9 Å². The van der Waals surface area contributed by atoms with E-state index in [1.807, 2.05) is 24.5 Å². The van der Waals surface area contributed by atoms with Crippen molar-refractivity contribution >= 4 is 22.4 Å². The van der Waals surface area contributed by atoms with Crippen LogP contribution in [0.2, 0.25) is 0 Å². The van der Waals surface area contributed by atoms with Crippen LogP contribution in [0.3, 0.4) is 0 Å². The molecule has 0 bridgehead atoms. The Morgan fingerprint density at radius 2 is 1.93 bits per heavy atom. The van der Waals surface area contributed by atoms with Crippen LogP contribution >= 0.6 is 11.8 Å². The van der Waals surface area contributed by atoms with E-state index in [9.17, 15) is 0 Å². The first-order valence-corrected chi connectivity index (χ1v) is 5.62. The van der Waals surface area contributed by atoms with E-state index in [1.54, 1.807) is 11.8 Å². The van der Waals surface area contributed by atoms with Crippen LogP contribution < -0.4 is 5.32 Å². The fourth-order valence-electron chi connectivity index (χ4n) is 1.58. The van der Waals surface area contributed by atoms with Gasteiger partial charge in [-0.2, -0.15) is 0 Å². The quantitative estimate of drug-likeness (QED) is 0.760. The Labute approximate surface area is 92.4 Å². The lowest BCUT2D eigenvalue weighted by Gasteiger charge is -2.16. The van der Waals surface area contributed by atoms with Gasteiger partial charge < -0.3 is 10.3 Å². The minimum atomic E-state index is 1.15. The SMILES string of the molecule is C1=C(c2ccc[nH]2)Sc2ccccc2N1. The monoisotopic (exact) mass is 214 g/mol. The summed E-state index contributed by atoms with van der Waals surface area (Å²) in [6, 6.07) is 12.4. The van der Waals surface area contributed by atoms with E-state index in [1.165, 1.54) is 15.5 Å². The molecule has 0 aliphatic carbocycles. The highest BCUT2D eigenvalue weighted by molar-refractivity contribution is 8.08. The van der Waals surface area contributed by atoms with E-state index < -0.39 is 0 Å². The molecule has 1 aromatic carbocycles. The van der Waals surface area contributed by atoms with E-state index in [4.69, 9.17) is 0 Å². The Bertz CT molecular complexity index is 500. The number of para-hydroxylation sites is 1. The molecule has 1 aliphatic rings. The van der Waals surface area contributed by atoms with Gasteiger partial charge in [-0.25, -0.2) is 0 Å². The first kappa shape index (κ1) is 8.68. The predicted octanol–water partition coefficient (Wildman–Crippen LogP) is 3.53. The van der Waals surface area contributed by atoms with Gasteiger partial charge in [0, 0.05) is 17.3 Å². The van der Waals surface area contributed by atoms with Gasteiger partial charge in [0.1, 0.15) is 0 Å². The van der Waals surface area contributed by atoms with Crippen LogP contribution in [-0.4, -0.2) is 4.98 Å². The van der Waals surface area contributed by atoms with E-state index in [0.717, 1.165) is 5.69 Å². The highest BCUT2D eigenvalue weighted by Crippen LogP contribution is 2.40. The molecular formula is C12H10N2S. The number of H-pyrrole nitrogens is 1. The van der Waals surface area contributed by atoms with Gasteiger partial charge in [0.25, 0.3) is 0 Å². The number of benzene rings is 1. The maximum absolute atomic E-state index is 3.30. The van der Waals surface area contributed by atoms with Crippen LogP contribution in [0, 0.1) is 0 Å². The summed E-state index contributed by atoms with van der Waals surface area (Å²) in [5.74, 6) is 0. The molecule has 1 aliphatic heterocycles. The van der Waals surface area contributed by atoms with Crippen molar-refractivity contribution in [3.05, 3.63) is 54.5 Å². The molecule has 0 amide bonds. The summed E-state index contributed by atoms with van der Waals surface area (Å²) in [5.41, 5.74) is 2.33. The van der Waals surface area contributed by atoms with Crippen LogP contribution in [0.1, 0.15) is 5.69 Å². The molecular weight excluding hydrogens is 204 g/mol. The van der Waals surface area contributed by atoms with Gasteiger partial charge in [-0.3, -0.25) is 0 Å². The zero-order valence-corrected chi connectivity index (χ0v) is 8.84. The Hall–Kier alpha value is -1.61. The third kappa shape index (κ3) is 1.55. The molecule has 0 fully saturated rings. The highest BCUT2D eigenvalue weighted by Gasteiger charge is 2.12. The Balaban J connectivity index is 1.96. The molecule has 15 heavy (non-hydrogen) atoms. The van der Waals surface area contributed by atoms with Crippen LogP contribution in [0.25, 0.3) is 4.91 Å². The number of fused-ring (bicyclic) bond motifs is 1. The highest BCUT2D eigenvalue weighted by atomic mass is 32.2. The smallest absolute Gasteiger partial charge is 0.0537 e. The molecule has 2 nitrogen and oxygen atoms in total. The maximum atomic E-state index is 3.30. The molecule has 74 valence electrons. The first-order valence-electron chi connectivity index (χ1n) is 4.81. The van der Waals surface area contributed by atoms with Gasteiger partial charge in [-0.15, -0.1) is 0 Å². The number of thioether (sulfide) groups is 1. The van der Waals surface area contributed by atoms with Gasteiger partial charge in [0.05, 0.1) is 16.3 Å². The summed E-state index contributed by atoms with van der Waals surface area (Å²) < 4.78 is 0. The van der Waals surface area contributed by atoms with Gasteiger partial charge >= 0.3 is 0 Å². The van der Waals surface area contributed by atoms with Gasteiger partial charge in [0.2, 0.25) is 0 Å². The lowest BCUT2D eigenvalue weighted by molar-refractivity contribution is 1.35. The average molecular weight is 214 g/mol. The van der Waals surface area contributed by atoms with E-state index in [-0.39, 0.29) is 0 Å². The molecule has 0 unspecified atom stereocenters. The summed E-state index contributed by atoms with van der Waals surface area (Å²) in [5, 5.41) is 3.30. The number of rotatable bonds is 1. The minimum Gasteiger partial charge on any atom is -0.361 e. The number of aromatic nitrogens is 1. The fourth-order valence-corrected chi connectivity index (χ4v) is 2.56. The lowest BCUT2D eigenvalue weighted by atomic mass is 10.3. The van der Waals surface area contributed by atoms with Crippen LogP contribution in [-0.2, 0) is 0 Å². The largest absolute Gasteiger partial charge is 0.361 e. The standard InChI is InChI=1S/C12H10N2S/c1-2-6-11-9(4-1)14-8-12(15-11)10-5-3-7-13-10/h1-8,13-14H. The summed E-state index contributed by atoms with van der Waals surface area (Å²) in [4.78, 5) is 5.70. The molecule has 2 aromatic rings. The molecule has 0 saturated carbocycles. The second-order valence-corrected chi connectivity index (χ2v) is 4.42. The number of hydrogen-bond acceptors (Lipinski definition) is 2. The summed E-state index contributed by atoms with van der Waals surface area (Å²) in [6.07, 6.45) is 3.98. The van der Waals surface area contributed by atoms with E-state index >= 15 is 0 Å². The molecule has 1 aromatic heterocycles. The van der Waals surface area contributed by atoms with Crippen LogP contribution in [0.4, 0.5) is 5.69 Å². The zero-order chi connectivity index (χ0) is 10.1. The normalized spacial score (nSPS) is 14.0. The number of hydrogen-bond donors (Lipinski definition) is 2. The molecule has 3 heteroatoms. The molecule has 0 saturated heterocycles. The third-order valence-electron chi connectivity index (χ3n) is 2.33. The van der Waals surface area contributed by atoms with Crippen molar-refractivity contribution in [2.45, 2.75) is 4.90 Å². The Morgan fingerprint density at radius 1 is 1.00 bits per heavy atom. The number of nitrogens with one attached hydrogen (secondary N) is 2. The zero-order valence-electron chi connectivity index (χ0n) is 8.03.